The van der Waals surface area contributed by atoms with E-state index in [1.165, 1.54) is 47.3 Å². The summed E-state index contributed by atoms with van der Waals surface area (Å²) >= 11 is 0. The Morgan fingerprint density at radius 3 is 2.58 bits per heavy atom. The molecule has 1 saturated carbocycles. The summed E-state index contributed by atoms with van der Waals surface area (Å²) in [6.07, 6.45) is 6.08. The summed E-state index contributed by atoms with van der Waals surface area (Å²) in [5.74, 6) is 1.36. The normalized spacial score (nSPS) is 19.6. The van der Waals surface area contributed by atoms with E-state index < -0.39 is 0 Å². The molecule has 31 heavy (non-hydrogen) atoms. The van der Waals surface area contributed by atoms with Gasteiger partial charge in [0.1, 0.15) is 5.82 Å². The van der Waals surface area contributed by atoms with Crippen molar-refractivity contribution in [1.82, 2.24) is 19.4 Å². The maximum atomic E-state index is 13.0. The molecule has 0 bridgehead atoms. The fraction of sp³-hybridized carbons (Fsp3) is 0.462. The molecule has 2 aliphatic heterocycles. The van der Waals surface area contributed by atoms with Crippen LogP contribution in [0.4, 0.5) is 0 Å². The first-order valence-electron chi connectivity index (χ1n) is 11.8. The predicted octanol–water partition coefficient (Wildman–Crippen LogP) is 3.95. The number of aromatic nitrogens is 2. The first-order chi connectivity index (χ1) is 15.2. The zero-order valence-electron chi connectivity index (χ0n) is 18.3. The van der Waals surface area contributed by atoms with Crippen LogP contribution in [0.3, 0.4) is 0 Å². The molecule has 0 N–H and O–H groups in total. The minimum Gasteiger partial charge on any atom is -0.334 e. The molecule has 3 aromatic rings. The summed E-state index contributed by atoms with van der Waals surface area (Å²) < 4.78 is 2.46. The number of fused-ring (bicyclic) bond motifs is 4. The Balaban J connectivity index is 1.25. The summed E-state index contributed by atoms with van der Waals surface area (Å²) in [4.78, 5) is 22.7. The smallest absolute Gasteiger partial charge is 0.254 e. The van der Waals surface area contributed by atoms with Gasteiger partial charge >= 0.3 is 0 Å². The van der Waals surface area contributed by atoms with E-state index in [1.807, 2.05) is 36.1 Å². The molecule has 0 spiro atoms. The van der Waals surface area contributed by atoms with E-state index in [0.29, 0.717) is 6.54 Å². The highest BCUT2D eigenvalue weighted by molar-refractivity contribution is 5.94. The van der Waals surface area contributed by atoms with Gasteiger partial charge in [-0.15, -0.1) is 0 Å². The standard InChI is InChI=1S/C26H30N4O/c1-18-5-7-19(8-6-18)26(31)29-11-9-20-16-24-23(15-21(20)17-29)27-25-10-12-28(13-14-30(24)25)22-3-2-4-22/h5-8,15-16,22H,2-4,9-14,17H2,1H3. The second-order valence-corrected chi connectivity index (χ2v) is 9.50. The molecule has 0 radical (unpaired) electrons. The van der Waals surface area contributed by atoms with Crippen molar-refractivity contribution < 1.29 is 4.79 Å². The summed E-state index contributed by atoms with van der Waals surface area (Å²) in [6, 6.07) is 13.3. The van der Waals surface area contributed by atoms with Crippen molar-refractivity contribution in [1.29, 1.82) is 0 Å². The molecule has 0 saturated heterocycles. The van der Waals surface area contributed by atoms with Gasteiger partial charge in [0, 0.05) is 50.7 Å². The summed E-state index contributed by atoms with van der Waals surface area (Å²) in [5.41, 5.74) is 6.96. The van der Waals surface area contributed by atoms with E-state index in [4.69, 9.17) is 4.98 Å². The number of nitrogens with zero attached hydrogens (tertiary/aromatic N) is 4. The molecule has 6 rings (SSSR count). The maximum Gasteiger partial charge on any atom is 0.254 e. The van der Waals surface area contributed by atoms with Crippen molar-refractivity contribution in [3.63, 3.8) is 0 Å². The number of benzene rings is 2. The minimum absolute atomic E-state index is 0.127. The van der Waals surface area contributed by atoms with Gasteiger partial charge in [0.15, 0.2) is 0 Å². The van der Waals surface area contributed by atoms with Crippen LogP contribution in [0.2, 0.25) is 0 Å². The topological polar surface area (TPSA) is 41.4 Å². The van der Waals surface area contributed by atoms with Crippen LogP contribution in [0.15, 0.2) is 36.4 Å². The lowest BCUT2D eigenvalue weighted by Crippen LogP contribution is -2.41. The van der Waals surface area contributed by atoms with Crippen molar-refractivity contribution in [2.24, 2.45) is 0 Å². The van der Waals surface area contributed by atoms with E-state index in [2.05, 4.69) is 21.6 Å². The zero-order chi connectivity index (χ0) is 20.9. The predicted molar refractivity (Wildman–Crippen MR) is 122 cm³/mol. The number of rotatable bonds is 2. The van der Waals surface area contributed by atoms with Crippen LogP contribution in [0.1, 0.15) is 52.1 Å². The number of imidazole rings is 1. The lowest BCUT2D eigenvalue weighted by atomic mass is 9.91. The SMILES string of the molecule is Cc1ccc(C(=O)N2CCc3cc4c(cc3C2)nc2n4CCN(C3CCC3)CC2)cc1. The van der Waals surface area contributed by atoms with Crippen LogP contribution < -0.4 is 0 Å². The van der Waals surface area contributed by atoms with Crippen molar-refractivity contribution in [2.45, 2.75) is 58.2 Å². The number of hydrogen-bond acceptors (Lipinski definition) is 3. The Hall–Kier alpha value is -2.66. The molecule has 1 aliphatic carbocycles. The van der Waals surface area contributed by atoms with Crippen LogP contribution in [-0.2, 0) is 25.9 Å². The number of hydrogen-bond donors (Lipinski definition) is 0. The van der Waals surface area contributed by atoms with Gasteiger partial charge in [0.05, 0.1) is 11.0 Å². The highest BCUT2D eigenvalue weighted by Crippen LogP contribution is 2.30. The summed E-state index contributed by atoms with van der Waals surface area (Å²) in [7, 11) is 0. The van der Waals surface area contributed by atoms with E-state index >= 15 is 0 Å². The molecule has 2 aromatic carbocycles. The minimum atomic E-state index is 0.127. The third-order valence-corrected chi connectivity index (χ3v) is 7.57. The number of aryl methyl sites for hydroxylation is 1. The van der Waals surface area contributed by atoms with E-state index in [-0.39, 0.29) is 5.91 Å². The van der Waals surface area contributed by atoms with Crippen LogP contribution in [-0.4, -0.2) is 50.9 Å². The third-order valence-electron chi connectivity index (χ3n) is 7.57. The molecule has 1 fully saturated rings. The first-order valence-corrected chi connectivity index (χ1v) is 11.8. The largest absolute Gasteiger partial charge is 0.334 e. The van der Waals surface area contributed by atoms with E-state index in [0.717, 1.165) is 56.1 Å². The van der Waals surface area contributed by atoms with Crippen LogP contribution in [0.5, 0.6) is 0 Å². The molecule has 5 heteroatoms. The maximum absolute atomic E-state index is 13.0. The highest BCUT2D eigenvalue weighted by Gasteiger charge is 2.28. The molecule has 0 atom stereocenters. The lowest BCUT2D eigenvalue weighted by Gasteiger charge is -2.36. The molecule has 1 aromatic heterocycles. The fourth-order valence-corrected chi connectivity index (χ4v) is 5.42. The van der Waals surface area contributed by atoms with Crippen LogP contribution in [0, 0.1) is 6.92 Å². The molecule has 0 unspecified atom stereocenters. The Morgan fingerprint density at radius 1 is 0.968 bits per heavy atom. The van der Waals surface area contributed by atoms with Crippen molar-refractivity contribution in [2.75, 3.05) is 19.6 Å². The van der Waals surface area contributed by atoms with E-state index in [9.17, 15) is 4.79 Å². The van der Waals surface area contributed by atoms with Gasteiger partial charge < -0.3 is 9.47 Å². The van der Waals surface area contributed by atoms with Gasteiger partial charge in [-0.3, -0.25) is 9.69 Å². The van der Waals surface area contributed by atoms with E-state index in [1.54, 1.807) is 0 Å². The Kier molecular flexibility index (Phi) is 4.60. The van der Waals surface area contributed by atoms with Crippen molar-refractivity contribution in [3.05, 3.63) is 64.5 Å². The average Bonchev–Trinajstić information content (AvgIpc) is 2.95. The Labute approximate surface area is 183 Å². The fourth-order valence-electron chi connectivity index (χ4n) is 5.42. The summed E-state index contributed by atoms with van der Waals surface area (Å²) in [6.45, 7) is 6.82. The molecule has 1 amide bonds. The van der Waals surface area contributed by atoms with Gasteiger partial charge in [-0.25, -0.2) is 4.98 Å². The van der Waals surface area contributed by atoms with Crippen molar-refractivity contribution in [3.8, 4) is 0 Å². The van der Waals surface area contributed by atoms with Crippen LogP contribution in [0.25, 0.3) is 11.0 Å². The number of carbonyl (C=O) groups is 1. The second kappa shape index (κ2) is 7.49. The quantitative estimate of drug-likeness (QED) is 0.638. The lowest BCUT2D eigenvalue weighted by molar-refractivity contribution is 0.0735. The van der Waals surface area contributed by atoms with Gasteiger partial charge in [0.25, 0.3) is 5.91 Å². The van der Waals surface area contributed by atoms with Gasteiger partial charge in [-0.05, 0) is 61.6 Å². The monoisotopic (exact) mass is 414 g/mol. The second-order valence-electron chi connectivity index (χ2n) is 9.50. The third kappa shape index (κ3) is 3.35. The molecule has 160 valence electrons. The van der Waals surface area contributed by atoms with Crippen molar-refractivity contribution >= 4 is 16.9 Å². The first kappa shape index (κ1) is 19.1. The van der Waals surface area contributed by atoms with Gasteiger partial charge in [-0.2, -0.15) is 0 Å². The number of carbonyl (C=O) groups excluding carboxylic acids is 1. The molecule has 5 nitrogen and oxygen atoms in total. The molecule has 3 aliphatic rings. The molecular weight excluding hydrogens is 384 g/mol. The van der Waals surface area contributed by atoms with Gasteiger partial charge in [0.2, 0.25) is 0 Å². The Bertz CT molecular complexity index is 1140. The highest BCUT2D eigenvalue weighted by atomic mass is 16.2. The molecular formula is C26H30N4O. The zero-order valence-corrected chi connectivity index (χ0v) is 18.3. The number of amides is 1. The average molecular weight is 415 g/mol. The van der Waals surface area contributed by atoms with Crippen LogP contribution >= 0.6 is 0 Å². The Morgan fingerprint density at radius 2 is 1.81 bits per heavy atom. The van der Waals surface area contributed by atoms with Gasteiger partial charge in [-0.1, -0.05) is 24.1 Å². The summed E-state index contributed by atoms with van der Waals surface area (Å²) in [5, 5.41) is 0. The molecule has 3 heterocycles.